The van der Waals surface area contributed by atoms with Crippen molar-refractivity contribution < 1.29 is 99.9 Å². The fourth-order valence-corrected chi connectivity index (χ4v) is 14.7. The zero-order valence-electron chi connectivity index (χ0n) is 40.1. The number of ether oxygens (including phenoxy) is 6. The van der Waals surface area contributed by atoms with Gasteiger partial charge in [-0.25, -0.2) is 0 Å². The van der Waals surface area contributed by atoms with Crippen LogP contribution in [-0.2, 0) is 28.4 Å². The van der Waals surface area contributed by atoms with E-state index in [-0.39, 0.29) is 48.4 Å². The third kappa shape index (κ3) is 9.19. The van der Waals surface area contributed by atoms with Crippen LogP contribution in [0.2, 0.25) is 0 Å². The maximum atomic E-state index is 12.4. The first kappa shape index (κ1) is 54.7. The van der Waals surface area contributed by atoms with Crippen LogP contribution in [-0.4, -0.2) is 215 Å². The third-order valence-corrected chi connectivity index (χ3v) is 19.2. The number of hydrogen-bond donors (Lipinski definition) is 14. The molecule has 20 heteroatoms. The first-order valence-corrected chi connectivity index (χ1v) is 24.8. The molecule has 7 rings (SSSR count). The lowest BCUT2D eigenvalue weighted by atomic mass is 9.33. The van der Waals surface area contributed by atoms with E-state index in [1.54, 1.807) is 0 Å². The van der Waals surface area contributed by atoms with E-state index in [4.69, 9.17) is 28.4 Å². The molecule has 0 bridgehead atoms. The standard InChI is InChI=1S/C48H82O20/c1-23(17-49)7-6-12-48(21-53)16-15-46(4)24(40(48)62)8-9-29-44(2)13-11-30(45(3,28(44)10-14-47(29,46)5)22-63-41-37(60)34(57)31(54)25(18-50)64-41)67-43-39(36(59)33(56)27(20-52)66-43)68-42-38(61)35(58)32(55)26(19-51)65-42/h7,24-43,49-62H,6,8-22H2,1-5H3/t24-,25-,26-,27-,28-,29-,30+,31-,32-,33-,34+,35+,36+,37-,38-,39-,40-,41-,42+,43+,44+,45+,46-,47-,48-/m1/s1. The highest BCUT2D eigenvalue weighted by atomic mass is 16.8. The molecule has 0 amide bonds. The normalized spacial score (nSPS) is 53.3. The molecule has 68 heavy (non-hydrogen) atoms. The Balaban J connectivity index is 1.21. The van der Waals surface area contributed by atoms with Crippen LogP contribution in [0.5, 0.6) is 0 Å². The summed E-state index contributed by atoms with van der Waals surface area (Å²) in [5.41, 5.74) is -1.83. The molecule has 0 aromatic carbocycles. The summed E-state index contributed by atoms with van der Waals surface area (Å²) in [6.07, 6.45) is -17.4. The van der Waals surface area contributed by atoms with Crippen molar-refractivity contribution in [3.8, 4) is 0 Å². The average Bonchev–Trinajstić information content (AvgIpc) is 3.32. The van der Waals surface area contributed by atoms with Gasteiger partial charge >= 0.3 is 0 Å². The van der Waals surface area contributed by atoms with Crippen molar-refractivity contribution in [1.82, 2.24) is 0 Å². The summed E-state index contributed by atoms with van der Waals surface area (Å²) in [5.74, 6) is -0.157. The van der Waals surface area contributed by atoms with Crippen molar-refractivity contribution in [2.45, 2.75) is 203 Å². The largest absolute Gasteiger partial charge is 0.396 e. The predicted molar refractivity (Wildman–Crippen MR) is 236 cm³/mol. The maximum absolute atomic E-state index is 12.4. The Morgan fingerprint density at radius 1 is 0.574 bits per heavy atom. The van der Waals surface area contributed by atoms with Crippen LogP contribution in [0.4, 0.5) is 0 Å². The summed E-state index contributed by atoms with van der Waals surface area (Å²) in [6, 6.07) is 0. The lowest BCUT2D eigenvalue weighted by molar-refractivity contribution is -0.382. The number of aliphatic hydroxyl groups excluding tert-OH is 14. The van der Waals surface area contributed by atoms with Gasteiger partial charge in [-0.05, 0) is 105 Å². The van der Waals surface area contributed by atoms with Gasteiger partial charge in [-0.1, -0.05) is 39.3 Å². The Morgan fingerprint density at radius 2 is 1.15 bits per heavy atom. The molecule has 3 aliphatic heterocycles. The molecule has 3 saturated heterocycles. The minimum atomic E-state index is -1.88. The molecule has 0 aromatic rings. The molecule has 394 valence electrons. The monoisotopic (exact) mass is 979 g/mol. The van der Waals surface area contributed by atoms with Crippen LogP contribution in [0, 0.1) is 44.8 Å². The van der Waals surface area contributed by atoms with Crippen molar-refractivity contribution in [3.05, 3.63) is 11.6 Å². The molecular weight excluding hydrogens is 897 g/mol. The molecule has 4 aliphatic carbocycles. The van der Waals surface area contributed by atoms with Crippen LogP contribution in [0.1, 0.15) is 98.8 Å². The molecule has 7 aliphatic rings. The number of allylic oxidation sites excluding steroid dienone is 1. The van der Waals surface area contributed by atoms with Gasteiger partial charge in [-0.15, -0.1) is 0 Å². The summed E-state index contributed by atoms with van der Waals surface area (Å²) in [4.78, 5) is 0. The number of aliphatic hydroxyl groups is 14. The zero-order chi connectivity index (χ0) is 49.9. The first-order valence-electron chi connectivity index (χ1n) is 24.8. The third-order valence-electron chi connectivity index (χ3n) is 19.2. The summed E-state index contributed by atoms with van der Waals surface area (Å²) in [5, 5.41) is 150. The fourth-order valence-electron chi connectivity index (χ4n) is 14.7. The molecule has 0 spiro atoms. The topological polar surface area (TPSA) is 339 Å². The van der Waals surface area contributed by atoms with Crippen LogP contribution in [0.3, 0.4) is 0 Å². The maximum Gasteiger partial charge on any atom is 0.187 e. The summed E-state index contributed by atoms with van der Waals surface area (Å²) < 4.78 is 36.9. The van der Waals surface area contributed by atoms with E-state index in [1.165, 1.54) is 0 Å². The Bertz CT molecular complexity index is 1710. The molecule has 7 fully saturated rings. The van der Waals surface area contributed by atoms with Crippen LogP contribution >= 0.6 is 0 Å². The van der Waals surface area contributed by atoms with Crippen LogP contribution in [0.15, 0.2) is 11.6 Å². The van der Waals surface area contributed by atoms with Gasteiger partial charge in [0.15, 0.2) is 18.9 Å². The van der Waals surface area contributed by atoms with E-state index >= 15 is 0 Å². The lowest BCUT2D eigenvalue weighted by Gasteiger charge is -2.72. The predicted octanol–water partition coefficient (Wildman–Crippen LogP) is -2.08. The van der Waals surface area contributed by atoms with Gasteiger partial charge in [0.2, 0.25) is 0 Å². The van der Waals surface area contributed by atoms with Gasteiger partial charge in [-0.2, -0.15) is 0 Å². The Morgan fingerprint density at radius 3 is 1.74 bits per heavy atom. The summed E-state index contributed by atoms with van der Waals surface area (Å²) in [7, 11) is 0. The van der Waals surface area contributed by atoms with E-state index in [1.807, 2.05) is 19.9 Å². The van der Waals surface area contributed by atoms with Crippen molar-refractivity contribution in [2.24, 2.45) is 44.8 Å². The number of rotatable bonds is 15. The van der Waals surface area contributed by atoms with E-state index in [0.29, 0.717) is 38.5 Å². The molecule has 20 nitrogen and oxygen atoms in total. The van der Waals surface area contributed by atoms with Gasteiger partial charge in [0.1, 0.15) is 73.2 Å². The highest BCUT2D eigenvalue weighted by Gasteiger charge is 2.71. The zero-order valence-corrected chi connectivity index (χ0v) is 40.1. The molecule has 0 radical (unpaired) electrons. The van der Waals surface area contributed by atoms with E-state index < -0.39 is 140 Å². The number of fused-ring (bicyclic) bond motifs is 5. The molecular formula is C48H82O20. The molecule has 4 saturated carbocycles. The van der Waals surface area contributed by atoms with Gasteiger partial charge in [0.25, 0.3) is 0 Å². The second-order valence-corrected chi connectivity index (χ2v) is 22.6. The first-order chi connectivity index (χ1) is 32.1. The van der Waals surface area contributed by atoms with E-state index in [0.717, 1.165) is 31.3 Å². The average molecular weight is 979 g/mol. The molecule has 0 unspecified atom stereocenters. The highest BCUT2D eigenvalue weighted by molar-refractivity contribution is 5.19. The SMILES string of the molecule is CC(=CCC[C@]1(CO)CC[C@]2(C)[C@H](CC[C@@H]3[C@@]4(C)CC[C@H](O[C@@H]5O[C@H](CO)[C@@H](O)[C@H](O)[C@H]5O[C@@H]5O[C@H](CO)[C@@H](O)[C@H](O)[C@H]5O)[C@@](C)(CO[C@@H]5O[C@H](CO)[C@@H](O)[C@H](O)[C@H]5O)[C@@H]4CC[C@]32C)[C@H]1O)CO. The summed E-state index contributed by atoms with van der Waals surface area (Å²) >= 11 is 0. The minimum Gasteiger partial charge on any atom is -0.396 e. The molecule has 3 heterocycles. The van der Waals surface area contributed by atoms with Crippen LogP contribution in [0.25, 0.3) is 0 Å². The fraction of sp³-hybridized carbons (Fsp3) is 0.958. The Hall–Kier alpha value is -1.06. The van der Waals surface area contributed by atoms with Crippen molar-refractivity contribution in [3.63, 3.8) is 0 Å². The molecule has 0 aromatic heterocycles. The van der Waals surface area contributed by atoms with Crippen LogP contribution < -0.4 is 0 Å². The van der Waals surface area contributed by atoms with Gasteiger partial charge in [0.05, 0.1) is 51.8 Å². The Kier molecular flexibility index (Phi) is 16.9. The smallest absolute Gasteiger partial charge is 0.187 e. The van der Waals surface area contributed by atoms with E-state index in [9.17, 15) is 71.5 Å². The van der Waals surface area contributed by atoms with Gasteiger partial charge in [-0.3, -0.25) is 0 Å². The quantitative estimate of drug-likeness (QED) is 0.0619. The summed E-state index contributed by atoms with van der Waals surface area (Å²) in [6.45, 7) is 8.24. The van der Waals surface area contributed by atoms with Crippen molar-refractivity contribution in [2.75, 3.05) is 39.6 Å². The lowest BCUT2D eigenvalue weighted by Crippen LogP contribution is -2.69. The second-order valence-electron chi connectivity index (χ2n) is 22.6. The van der Waals surface area contributed by atoms with E-state index in [2.05, 4.69) is 20.8 Å². The van der Waals surface area contributed by atoms with Crippen molar-refractivity contribution in [1.29, 1.82) is 0 Å². The van der Waals surface area contributed by atoms with Gasteiger partial charge in [0, 0.05) is 10.8 Å². The Labute approximate surface area is 398 Å². The highest BCUT2D eigenvalue weighted by Crippen LogP contribution is 2.75. The molecule has 25 atom stereocenters. The molecule has 14 N–H and O–H groups in total. The second kappa shape index (κ2) is 21.0. The number of hydrogen-bond acceptors (Lipinski definition) is 20. The van der Waals surface area contributed by atoms with Gasteiger partial charge < -0.3 is 99.9 Å². The minimum absolute atomic E-state index is 0.0487. The van der Waals surface area contributed by atoms with Crippen molar-refractivity contribution >= 4 is 0 Å².